The van der Waals surface area contributed by atoms with E-state index in [-0.39, 0.29) is 6.42 Å². The Bertz CT molecular complexity index is 549. The molecule has 0 fully saturated rings. The van der Waals surface area contributed by atoms with Crippen LogP contribution in [0.5, 0.6) is 0 Å². The summed E-state index contributed by atoms with van der Waals surface area (Å²) in [4.78, 5) is 4.20. The predicted octanol–water partition coefficient (Wildman–Crippen LogP) is 3.67. The van der Waals surface area contributed by atoms with Crippen molar-refractivity contribution < 1.29 is 13.2 Å². The summed E-state index contributed by atoms with van der Waals surface area (Å²) in [5, 5.41) is 0.471. The number of hydrogen-bond donors (Lipinski definition) is 1. The summed E-state index contributed by atoms with van der Waals surface area (Å²) in [6, 6.07) is 5.18. The first-order valence-electron chi connectivity index (χ1n) is 4.95. The number of aromatic nitrogens is 1. The molecule has 2 N–H and O–H groups in total. The molecule has 1 heterocycles. The van der Waals surface area contributed by atoms with E-state index < -0.39 is 6.08 Å². The highest BCUT2D eigenvalue weighted by Crippen LogP contribution is 2.25. The van der Waals surface area contributed by atoms with E-state index in [0.717, 1.165) is 6.08 Å². The number of halogens is 2. The third kappa shape index (κ3) is 3.20. The van der Waals surface area contributed by atoms with Gasteiger partial charge in [0.25, 0.3) is 11.3 Å². The lowest BCUT2D eigenvalue weighted by Gasteiger charge is -1.90. The lowest BCUT2D eigenvalue weighted by Crippen LogP contribution is -1.82. The van der Waals surface area contributed by atoms with Gasteiger partial charge in [-0.2, -0.15) is 8.78 Å². The summed E-state index contributed by atoms with van der Waals surface area (Å²) in [7, 11) is 0. The van der Waals surface area contributed by atoms with Gasteiger partial charge in [0.15, 0.2) is 5.58 Å². The summed E-state index contributed by atoms with van der Waals surface area (Å²) in [6.07, 6.45) is -0.488. The lowest BCUT2D eigenvalue weighted by molar-refractivity contribution is 0.418. The Morgan fingerprint density at radius 3 is 3.06 bits per heavy atom. The molecule has 0 aliphatic heterocycles. The summed E-state index contributed by atoms with van der Waals surface area (Å²) >= 11 is 1.30. The van der Waals surface area contributed by atoms with Gasteiger partial charge in [0.1, 0.15) is 5.52 Å². The molecule has 0 radical (unpaired) electrons. The summed E-state index contributed by atoms with van der Waals surface area (Å²) in [5.74, 6) is 0.500. The van der Waals surface area contributed by atoms with E-state index in [1.807, 2.05) is 0 Å². The van der Waals surface area contributed by atoms with Gasteiger partial charge >= 0.3 is 0 Å². The molecule has 1 aromatic heterocycles. The highest BCUT2D eigenvalue weighted by atomic mass is 32.2. The van der Waals surface area contributed by atoms with Crippen molar-refractivity contribution in [3.63, 3.8) is 0 Å². The van der Waals surface area contributed by atoms with Crippen molar-refractivity contribution in [2.45, 2.75) is 11.6 Å². The van der Waals surface area contributed by atoms with Crippen LogP contribution in [-0.2, 0) is 0 Å². The predicted molar refractivity (Wildman–Crippen MR) is 64.1 cm³/mol. The first-order valence-corrected chi connectivity index (χ1v) is 5.94. The topological polar surface area (TPSA) is 52.0 Å². The largest absolute Gasteiger partial charge is 0.431 e. The highest BCUT2D eigenvalue weighted by Gasteiger charge is 2.05. The summed E-state index contributed by atoms with van der Waals surface area (Å²) in [5.41, 5.74) is 7.55. The first-order chi connectivity index (χ1) is 8.15. The quantitative estimate of drug-likeness (QED) is 0.515. The molecular weight excluding hydrogens is 246 g/mol. The van der Waals surface area contributed by atoms with Crippen LogP contribution in [0.15, 0.2) is 40.0 Å². The van der Waals surface area contributed by atoms with Crippen LogP contribution < -0.4 is 5.73 Å². The molecular formula is C11H10F2N2OS. The Hall–Kier alpha value is -1.56. The van der Waals surface area contributed by atoms with Gasteiger partial charge in [-0.25, -0.2) is 4.98 Å². The Labute approximate surface area is 101 Å². The molecule has 0 atom stereocenters. The molecule has 0 saturated heterocycles. The number of fused-ring (bicyclic) bond motifs is 1. The molecule has 0 spiro atoms. The number of nitrogen functional groups attached to an aromatic ring is 1. The van der Waals surface area contributed by atoms with E-state index in [4.69, 9.17) is 10.2 Å². The SMILES string of the molecule is Nc1ccc2oc(SCCC=C(F)F)nc2c1. The van der Waals surface area contributed by atoms with E-state index in [0.29, 0.717) is 27.8 Å². The van der Waals surface area contributed by atoms with E-state index in [2.05, 4.69) is 4.98 Å². The number of anilines is 1. The van der Waals surface area contributed by atoms with Crippen LogP contribution in [0.2, 0.25) is 0 Å². The zero-order valence-electron chi connectivity index (χ0n) is 8.82. The molecule has 90 valence electrons. The maximum atomic E-state index is 11.8. The monoisotopic (exact) mass is 256 g/mol. The van der Waals surface area contributed by atoms with Crippen molar-refractivity contribution in [1.29, 1.82) is 0 Å². The van der Waals surface area contributed by atoms with Crippen LogP contribution in [0.4, 0.5) is 14.5 Å². The fraction of sp³-hybridized carbons (Fsp3) is 0.182. The minimum Gasteiger partial charge on any atom is -0.431 e. The van der Waals surface area contributed by atoms with E-state index in [9.17, 15) is 8.78 Å². The Morgan fingerprint density at radius 1 is 1.47 bits per heavy atom. The zero-order valence-corrected chi connectivity index (χ0v) is 9.64. The van der Waals surface area contributed by atoms with Gasteiger partial charge in [-0.05, 0) is 30.7 Å². The van der Waals surface area contributed by atoms with Gasteiger partial charge in [-0.15, -0.1) is 0 Å². The first kappa shape index (κ1) is 11.9. The molecule has 3 nitrogen and oxygen atoms in total. The molecule has 0 unspecified atom stereocenters. The number of oxazole rings is 1. The smallest absolute Gasteiger partial charge is 0.266 e. The van der Waals surface area contributed by atoms with Crippen molar-refractivity contribution in [2.75, 3.05) is 11.5 Å². The molecule has 0 bridgehead atoms. The molecule has 1 aromatic carbocycles. The maximum Gasteiger partial charge on any atom is 0.266 e. The zero-order chi connectivity index (χ0) is 12.3. The van der Waals surface area contributed by atoms with Crippen LogP contribution in [0.25, 0.3) is 11.1 Å². The Balaban J connectivity index is 2.02. The van der Waals surface area contributed by atoms with Gasteiger partial charge in [0, 0.05) is 11.4 Å². The van der Waals surface area contributed by atoms with Crippen molar-refractivity contribution >= 4 is 28.5 Å². The second kappa shape index (κ2) is 5.18. The normalized spacial score (nSPS) is 10.7. The fourth-order valence-corrected chi connectivity index (χ4v) is 2.02. The third-order valence-electron chi connectivity index (χ3n) is 2.03. The summed E-state index contributed by atoms with van der Waals surface area (Å²) in [6.45, 7) is 0. The van der Waals surface area contributed by atoms with Crippen LogP contribution in [0, 0.1) is 0 Å². The molecule has 6 heteroatoms. The van der Waals surface area contributed by atoms with Crippen molar-refractivity contribution in [1.82, 2.24) is 4.98 Å². The van der Waals surface area contributed by atoms with Gasteiger partial charge in [0.05, 0.1) is 0 Å². The number of thioether (sulfide) groups is 1. The molecule has 17 heavy (non-hydrogen) atoms. The van der Waals surface area contributed by atoms with E-state index >= 15 is 0 Å². The fourth-order valence-electron chi connectivity index (χ4n) is 1.30. The number of nitrogens with zero attached hydrogens (tertiary/aromatic N) is 1. The lowest BCUT2D eigenvalue weighted by atomic mass is 10.3. The minimum atomic E-state index is -1.66. The van der Waals surface area contributed by atoms with Crippen molar-refractivity contribution in [3.05, 3.63) is 30.4 Å². The number of benzene rings is 1. The molecule has 0 aliphatic rings. The number of rotatable bonds is 4. The average molecular weight is 256 g/mol. The van der Waals surface area contributed by atoms with Crippen LogP contribution in [0.3, 0.4) is 0 Å². The third-order valence-corrected chi connectivity index (χ3v) is 2.90. The van der Waals surface area contributed by atoms with Crippen molar-refractivity contribution in [2.24, 2.45) is 0 Å². The second-order valence-electron chi connectivity index (χ2n) is 3.34. The Morgan fingerprint density at radius 2 is 2.29 bits per heavy atom. The standard InChI is InChI=1S/C11H10F2N2OS/c12-10(13)2-1-5-17-11-15-8-6-7(14)3-4-9(8)16-11/h2-4,6H,1,5,14H2. The number of nitrogens with two attached hydrogens (primary N) is 1. The molecule has 2 aromatic rings. The molecule has 0 amide bonds. The van der Waals surface area contributed by atoms with E-state index in [1.165, 1.54) is 11.8 Å². The van der Waals surface area contributed by atoms with Gasteiger partial charge < -0.3 is 10.2 Å². The molecule has 0 aliphatic carbocycles. The van der Waals surface area contributed by atoms with Gasteiger partial charge in [-0.1, -0.05) is 11.8 Å². The highest BCUT2D eigenvalue weighted by molar-refractivity contribution is 7.99. The average Bonchev–Trinajstić information content (AvgIpc) is 2.66. The second-order valence-corrected chi connectivity index (χ2v) is 4.38. The maximum absolute atomic E-state index is 11.8. The Kier molecular flexibility index (Phi) is 3.63. The number of hydrogen-bond acceptors (Lipinski definition) is 4. The van der Waals surface area contributed by atoms with Crippen LogP contribution in [-0.4, -0.2) is 10.7 Å². The van der Waals surface area contributed by atoms with Gasteiger partial charge in [-0.3, -0.25) is 0 Å². The van der Waals surface area contributed by atoms with Crippen LogP contribution >= 0.6 is 11.8 Å². The number of allylic oxidation sites excluding steroid dienone is 1. The van der Waals surface area contributed by atoms with E-state index in [1.54, 1.807) is 18.2 Å². The van der Waals surface area contributed by atoms with Crippen molar-refractivity contribution in [3.8, 4) is 0 Å². The molecule has 2 rings (SSSR count). The summed E-state index contributed by atoms with van der Waals surface area (Å²) < 4.78 is 29.0. The molecule has 0 saturated carbocycles. The van der Waals surface area contributed by atoms with Crippen LogP contribution in [0.1, 0.15) is 6.42 Å². The van der Waals surface area contributed by atoms with Gasteiger partial charge in [0.2, 0.25) is 0 Å². The minimum absolute atomic E-state index is 0.286.